The van der Waals surface area contributed by atoms with Gasteiger partial charge in [0, 0.05) is 13.1 Å². The standard InChI is InChI=1S/C8H17NO5/c10-2-1-9-3-6(12)8(14)7(13)5(9)4-11/h5-8,10-14H,1-4H2/t5-,6-,7-,8+/m1/s1. The van der Waals surface area contributed by atoms with Crippen LogP contribution in [0.2, 0.25) is 0 Å². The van der Waals surface area contributed by atoms with E-state index in [9.17, 15) is 15.3 Å². The second-order valence-corrected chi connectivity index (χ2v) is 3.52. The number of nitrogens with zero attached hydrogens (tertiary/aromatic N) is 1. The molecule has 0 aromatic rings. The summed E-state index contributed by atoms with van der Waals surface area (Å²) in [5.41, 5.74) is 0. The summed E-state index contributed by atoms with van der Waals surface area (Å²) in [7, 11) is 0. The minimum Gasteiger partial charge on any atom is -0.395 e. The first-order valence-corrected chi connectivity index (χ1v) is 4.61. The zero-order valence-corrected chi connectivity index (χ0v) is 7.82. The number of aliphatic hydroxyl groups excluding tert-OH is 5. The van der Waals surface area contributed by atoms with Gasteiger partial charge >= 0.3 is 0 Å². The van der Waals surface area contributed by atoms with Crippen LogP contribution in [0.25, 0.3) is 0 Å². The third-order valence-electron chi connectivity index (χ3n) is 2.60. The fourth-order valence-corrected chi connectivity index (χ4v) is 1.76. The van der Waals surface area contributed by atoms with Crippen molar-refractivity contribution in [3.05, 3.63) is 0 Å². The quantitative estimate of drug-likeness (QED) is 0.333. The van der Waals surface area contributed by atoms with Crippen molar-refractivity contribution in [2.24, 2.45) is 0 Å². The van der Waals surface area contributed by atoms with E-state index in [0.717, 1.165) is 0 Å². The second-order valence-electron chi connectivity index (χ2n) is 3.52. The third-order valence-corrected chi connectivity index (χ3v) is 2.60. The van der Waals surface area contributed by atoms with E-state index < -0.39 is 24.4 Å². The molecule has 84 valence electrons. The molecule has 1 rings (SSSR count). The van der Waals surface area contributed by atoms with Crippen LogP contribution < -0.4 is 0 Å². The van der Waals surface area contributed by atoms with Crippen molar-refractivity contribution in [3.8, 4) is 0 Å². The number of hydrogen-bond acceptors (Lipinski definition) is 6. The van der Waals surface area contributed by atoms with Gasteiger partial charge in [-0.25, -0.2) is 0 Å². The predicted molar refractivity (Wildman–Crippen MR) is 47.6 cm³/mol. The highest BCUT2D eigenvalue weighted by Gasteiger charge is 2.40. The van der Waals surface area contributed by atoms with E-state index in [0.29, 0.717) is 0 Å². The molecule has 1 saturated heterocycles. The molecule has 0 unspecified atom stereocenters. The van der Waals surface area contributed by atoms with E-state index in [4.69, 9.17) is 10.2 Å². The normalized spacial score (nSPS) is 40.1. The monoisotopic (exact) mass is 207 g/mol. The molecule has 0 saturated carbocycles. The zero-order valence-electron chi connectivity index (χ0n) is 7.82. The van der Waals surface area contributed by atoms with Crippen molar-refractivity contribution in [2.75, 3.05) is 26.3 Å². The Kier molecular flexibility index (Phi) is 4.24. The van der Waals surface area contributed by atoms with E-state index in [-0.39, 0.29) is 26.3 Å². The fraction of sp³-hybridized carbons (Fsp3) is 1.00. The summed E-state index contributed by atoms with van der Waals surface area (Å²) in [6.45, 7) is -0.0347. The molecule has 0 bridgehead atoms. The van der Waals surface area contributed by atoms with Gasteiger partial charge < -0.3 is 25.5 Å². The summed E-state index contributed by atoms with van der Waals surface area (Å²) < 4.78 is 0. The van der Waals surface area contributed by atoms with E-state index in [2.05, 4.69) is 0 Å². The molecule has 4 atom stereocenters. The van der Waals surface area contributed by atoms with Crippen LogP contribution in [0.4, 0.5) is 0 Å². The van der Waals surface area contributed by atoms with Crippen LogP contribution in [0.5, 0.6) is 0 Å². The summed E-state index contributed by atoms with van der Waals surface area (Å²) in [6, 6.07) is -0.624. The Morgan fingerprint density at radius 1 is 1.07 bits per heavy atom. The maximum Gasteiger partial charge on any atom is 0.109 e. The number of hydrogen-bond donors (Lipinski definition) is 5. The first-order valence-electron chi connectivity index (χ1n) is 4.61. The maximum atomic E-state index is 9.51. The molecule has 0 aromatic carbocycles. The molecule has 0 aromatic heterocycles. The van der Waals surface area contributed by atoms with Crippen LogP contribution >= 0.6 is 0 Å². The molecule has 0 amide bonds. The van der Waals surface area contributed by atoms with Gasteiger partial charge in [0.15, 0.2) is 0 Å². The Bertz CT molecular complexity index is 179. The Morgan fingerprint density at radius 2 is 1.71 bits per heavy atom. The van der Waals surface area contributed by atoms with Crippen molar-refractivity contribution >= 4 is 0 Å². The summed E-state index contributed by atoms with van der Waals surface area (Å²) >= 11 is 0. The van der Waals surface area contributed by atoms with Gasteiger partial charge in [-0.15, -0.1) is 0 Å². The smallest absolute Gasteiger partial charge is 0.109 e. The van der Waals surface area contributed by atoms with Crippen LogP contribution in [0.3, 0.4) is 0 Å². The summed E-state index contributed by atoms with van der Waals surface area (Å²) in [4.78, 5) is 1.56. The lowest BCUT2D eigenvalue weighted by Crippen LogP contribution is -2.62. The van der Waals surface area contributed by atoms with Crippen LogP contribution in [-0.2, 0) is 0 Å². The first-order chi connectivity index (χ1) is 6.61. The predicted octanol–water partition coefficient (Wildman–Crippen LogP) is -3.26. The molecule has 6 heteroatoms. The number of aliphatic hydroxyl groups is 5. The number of rotatable bonds is 3. The molecule has 14 heavy (non-hydrogen) atoms. The van der Waals surface area contributed by atoms with Gasteiger partial charge in [0.2, 0.25) is 0 Å². The van der Waals surface area contributed by atoms with Crippen LogP contribution in [0.1, 0.15) is 0 Å². The Morgan fingerprint density at radius 3 is 2.21 bits per heavy atom. The first kappa shape index (κ1) is 11.8. The van der Waals surface area contributed by atoms with Crippen molar-refractivity contribution in [2.45, 2.75) is 24.4 Å². The average Bonchev–Trinajstić information content (AvgIpc) is 2.16. The number of likely N-dealkylation sites (tertiary alicyclic amines) is 1. The lowest BCUT2D eigenvalue weighted by Gasteiger charge is -2.42. The topological polar surface area (TPSA) is 104 Å². The summed E-state index contributed by atoms with van der Waals surface area (Å²) in [6.07, 6.45) is -3.46. The van der Waals surface area contributed by atoms with Crippen molar-refractivity contribution in [1.29, 1.82) is 0 Å². The molecule has 5 N–H and O–H groups in total. The maximum absolute atomic E-state index is 9.51. The van der Waals surface area contributed by atoms with Crippen LogP contribution in [0.15, 0.2) is 0 Å². The third kappa shape index (κ3) is 2.22. The SMILES string of the molecule is OCCN1C[C@@H](O)[C@H](O)[C@H](O)[C@H]1CO. The van der Waals surface area contributed by atoms with Gasteiger partial charge in [-0.3, -0.25) is 4.90 Å². The summed E-state index contributed by atoms with van der Waals surface area (Å²) in [5, 5.41) is 45.9. The highest BCUT2D eigenvalue weighted by atomic mass is 16.4. The highest BCUT2D eigenvalue weighted by molar-refractivity contribution is 4.93. The van der Waals surface area contributed by atoms with Crippen LogP contribution in [-0.4, -0.2) is 81.1 Å². The average molecular weight is 207 g/mol. The lowest BCUT2D eigenvalue weighted by molar-refractivity contribution is -0.146. The zero-order chi connectivity index (χ0) is 10.7. The second kappa shape index (κ2) is 5.01. The Labute approximate surface area is 82.0 Å². The van der Waals surface area contributed by atoms with Crippen LogP contribution in [0, 0.1) is 0 Å². The van der Waals surface area contributed by atoms with Crippen molar-refractivity contribution < 1.29 is 25.5 Å². The molecule has 6 nitrogen and oxygen atoms in total. The minimum absolute atomic E-state index is 0.119. The highest BCUT2D eigenvalue weighted by Crippen LogP contribution is 2.18. The van der Waals surface area contributed by atoms with Crippen molar-refractivity contribution in [1.82, 2.24) is 4.90 Å². The van der Waals surface area contributed by atoms with Gasteiger partial charge in [0.25, 0.3) is 0 Å². The minimum atomic E-state index is -1.23. The van der Waals surface area contributed by atoms with Gasteiger partial charge in [0.05, 0.1) is 25.4 Å². The molecule has 1 heterocycles. The largest absolute Gasteiger partial charge is 0.395 e. The molecule has 1 aliphatic rings. The summed E-state index contributed by atoms with van der Waals surface area (Å²) in [5.74, 6) is 0. The van der Waals surface area contributed by atoms with Gasteiger partial charge in [-0.2, -0.15) is 0 Å². The molecule has 0 radical (unpaired) electrons. The van der Waals surface area contributed by atoms with E-state index in [1.807, 2.05) is 0 Å². The lowest BCUT2D eigenvalue weighted by atomic mass is 9.94. The molecule has 1 fully saturated rings. The van der Waals surface area contributed by atoms with Crippen molar-refractivity contribution in [3.63, 3.8) is 0 Å². The molecule has 0 aliphatic carbocycles. The van der Waals surface area contributed by atoms with Gasteiger partial charge in [-0.1, -0.05) is 0 Å². The molecule has 0 spiro atoms. The van der Waals surface area contributed by atoms with Gasteiger partial charge in [0.1, 0.15) is 12.2 Å². The van der Waals surface area contributed by atoms with Gasteiger partial charge in [-0.05, 0) is 0 Å². The van der Waals surface area contributed by atoms with E-state index in [1.165, 1.54) is 0 Å². The Hall–Kier alpha value is -0.240. The molecular formula is C8H17NO5. The van der Waals surface area contributed by atoms with E-state index in [1.54, 1.807) is 4.90 Å². The number of piperidine rings is 1. The fourth-order valence-electron chi connectivity index (χ4n) is 1.76. The molecule has 1 aliphatic heterocycles. The molecular weight excluding hydrogens is 190 g/mol. The Balaban J connectivity index is 2.66. The number of β-amino-alcohol motifs (C(OH)–C–C–N with tert-alkyl or cyclic N) is 2. The van der Waals surface area contributed by atoms with E-state index >= 15 is 0 Å².